The van der Waals surface area contributed by atoms with E-state index >= 15 is 0 Å². The van der Waals surface area contributed by atoms with Gasteiger partial charge < -0.3 is 0 Å². The standard InChI is InChI=1S/C24H46/c1-8-19(4)21(9-2)22(5)15-11-13-20-14-18-23(6,10-3)24(20,7)17-12-16-22/h19-21H,8-18H2,1-7H3. The molecule has 6 atom stereocenters. The quantitative estimate of drug-likeness (QED) is 0.474. The van der Waals surface area contributed by atoms with Crippen molar-refractivity contribution in [3.05, 3.63) is 0 Å². The van der Waals surface area contributed by atoms with Crippen LogP contribution in [-0.4, -0.2) is 0 Å². The summed E-state index contributed by atoms with van der Waals surface area (Å²) in [5, 5.41) is 0. The first-order valence-electron chi connectivity index (χ1n) is 11.3. The smallest absolute Gasteiger partial charge is 0.0244 e. The Hall–Kier alpha value is 0. The van der Waals surface area contributed by atoms with Crippen LogP contribution >= 0.6 is 0 Å². The molecule has 24 heavy (non-hydrogen) atoms. The van der Waals surface area contributed by atoms with Crippen molar-refractivity contribution in [1.29, 1.82) is 0 Å². The predicted octanol–water partition coefficient (Wildman–Crippen LogP) is 8.25. The van der Waals surface area contributed by atoms with Gasteiger partial charge in [-0.2, -0.15) is 0 Å². The summed E-state index contributed by atoms with van der Waals surface area (Å²) in [5.41, 5.74) is 1.78. The summed E-state index contributed by atoms with van der Waals surface area (Å²) in [6, 6.07) is 0. The molecule has 2 aliphatic carbocycles. The Morgan fingerprint density at radius 2 is 1.50 bits per heavy atom. The van der Waals surface area contributed by atoms with E-state index < -0.39 is 0 Å². The number of hydrogen-bond acceptors (Lipinski definition) is 0. The highest BCUT2D eigenvalue weighted by Gasteiger charge is 2.53. The van der Waals surface area contributed by atoms with Crippen molar-refractivity contribution in [3.8, 4) is 0 Å². The van der Waals surface area contributed by atoms with E-state index in [1.165, 1.54) is 70.6 Å². The molecule has 0 aromatic carbocycles. The molecule has 0 heterocycles. The zero-order chi connectivity index (χ0) is 18.0. The molecular weight excluding hydrogens is 288 g/mol. The van der Waals surface area contributed by atoms with E-state index in [0.717, 1.165) is 17.8 Å². The van der Waals surface area contributed by atoms with Gasteiger partial charge >= 0.3 is 0 Å². The monoisotopic (exact) mass is 334 g/mol. The lowest BCUT2D eigenvalue weighted by Gasteiger charge is -2.45. The van der Waals surface area contributed by atoms with Crippen molar-refractivity contribution in [3.63, 3.8) is 0 Å². The maximum atomic E-state index is 2.67. The third-order valence-corrected chi connectivity index (χ3v) is 9.52. The van der Waals surface area contributed by atoms with E-state index in [-0.39, 0.29) is 0 Å². The summed E-state index contributed by atoms with van der Waals surface area (Å²) < 4.78 is 0. The van der Waals surface area contributed by atoms with Gasteiger partial charge in [-0.3, -0.25) is 0 Å². The molecule has 0 aliphatic heterocycles. The van der Waals surface area contributed by atoms with Crippen LogP contribution in [0.1, 0.15) is 119 Å². The fraction of sp³-hybridized carbons (Fsp3) is 1.00. The van der Waals surface area contributed by atoms with E-state index in [9.17, 15) is 0 Å². The van der Waals surface area contributed by atoms with Gasteiger partial charge in [-0.15, -0.1) is 0 Å². The van der Waals surface area contributed by atoms with E-state index in [1.807, 2.05) is 0 Å². The van der Waals surface area contributed by atoms with Crippen LogP contribution in [0.5, 0.6) is 0 Å². The minimum Gasteiger partial charge on any atom is -0.0651 e. The van der Waals surface area contributed by atoms with Crippen LogP contribution in [0.3, 0.4) is 0 Å². The van der Waals surface area contributed by atoms with Crippen molar-refractivity contribution in [1.82, 2.24) is 0 Å². The van der Waals surface area contributed by atoms with Crippen LogP contribution < -0.4 is 0 Å². The molecule has 0 heteroatoms. The van der Waals surface area contributed by atoms with Crippen molar-refractivity contribution in [2.45, 2.75) is 119 Å². The normalized spacial score (nSPS) is 43.4. The number of hydrogen-bond donors (Lipinski definition) is 0. The van der Waals surface area contributed by atoms with Gasteiger partial charge in [-0.1, -0.05) is 80.6 Å². The number of rotatable bonds is 5. The minimum atomic E-state index is 0.585. The second-order valence-corrected chi connectivity index (χ2v) is 10.4. The Morgan fingerprint density at radius 3 is 2.08 bits per heavy atom. The molecule has 2 fully saturated rings. The topological polar surface area (TPSA) is 0 Å². The fourth-order valence-electron chi connectivity index (χ4n) is 7.11. The summed E-state index contributed by atoms with van der Waals surface area (Å²) >= 11 is 0. The number of fused-ring (bicyclic) bond motifs is 1. The molecule has 0 aromatic rings. The molecule has 0 radical (unpaired) electrons. The van der Waals surface area contributed by atoms with Gasteiger partial charge in [-0.05, 0) is 72.5 Å². The van der Waals surface area contributed by atoms with Gasteiger partial charge in [0.2, 0.25) is 0 Å². The summed E-state index contributed by atoms with van der Waals surface area (Å²) in [6.45, 7) is 17.7. The van der Waals surface area contributed by atoms with E-state index in [0.29, 0.717) is 16.2 Å². The zero-order valence-corrected chi connectivity index (χ0v) is 18.0. The summed E-state index contributed by atoms with van der Waals surface area (Å²) in [6.07, 6.45) is 15.9. The Balaban J connectivity index is 2.18. The summed E-state index contributed by atoms with van der Waals surface area (Å²) in [7, 11) is 0. The molecular formula is C24H46. The third-order valence-electron chi connectivity index (χ3n) is 9.52. The van der Waals surface area contributed by atoms with Crippen LogP contribution in [0, 0.1) is 34.0 Å². The maximum absolute atomic E-state index is 2.67. The third kappa shape index (κ3) is 3.45. The molecule has 0 aromatic heterocycles. The second-order valence-electron chi connectivity index (χ2n) is 10.4. The molecule has 6 unspecified atom stereocenters. The van der Waals surface area contributed by atoms with Gasteiger partial charge in [0.1, 0.15) is 0 Å². The fourth-order valence-corrected chi connectivity index (χ4v) is 7.11. The van der Waals surface area contributed by atoms with Crippen molar-refractivity contribution < 1.29 is 0 Å². The van der Waals surface area contributed by atoms with Crippen LogP contribution in [-0.2, 0) is 0 Å². The first kappa shape index (κ1) is 20.3. The first-order valence-corrected chi connectivity index (χ1v) is 11.3. The molecule has 0 saturated heterocycles. The van der Waals surface area contributed by atoms with Crippen LogP contribution in [0.2, 0.25) is 0 Å². The highest BCUT2D eigenvalue weighted by Crippen LogP contribution is 2.62. The van der Waals surface area contributed by atoms with Crippen LogP contribution in [0.25, 0.3) is 0 Å². The largest absolute Gasteiger partial charge is 0.0651 e. The average molecular weight is 335 g/mol. The summed E-state index contributed by atoms with van der Waals surface area (Å²) in [5.74, 6) is 2.80. The van der Waals surface area contributed by atoms with Crippen LogP contribution in [0.4, 0.5) is 0 Å². The Kier molecular flexibility index (Phi) is 6.53. The molecule has 0 N–H and O–H groups in total. The van der Waals surface area contributed by atoms with Crippen molar-refractivity contribution in [2.75, 3.05) is 0 Å². The molecule has 142 valence electrons. The predicted molar refractivity (Wildman–Crippen MR) is 108 cm³/mol. The SMILES string of the molecule is CCC(C)C(CC)C1(C)CCCC2CCC(C)(CC)C2(C)CCC1. The van der Waals surface area contributed by atoms with Crippen molar-refractivity contribution in [2.24, 2.45) is 34.0 Å². The lowest BCUT2D eigenvalue weighted by atomic mass is 9.60. The second kappa shape index (κ2) is 7.71. The van der Waals surface area contributed by atoms with Gasteiger partial charge in [0, 0.05) is 0 Å². The highest BCUT2D eigenvalue weighted by atomic mass is 14.6. The van der Waals surface area contributed by atoms with Crippen LogP contribution in [0.15, 0.2) is 0 Å². The summed E-state index contributed by atoms with van der Waals surface area (Å²) in [4.78, 5) is 0. The lowest BCUT2D eigenvalue weighted by molar-refractivity contribution is 0.0441. The molecule has 2 aliphatic rings. The molecule has 2 saturated carbocycles. The Morgan fingerprint density at radius 1 is 0.833 bits per heavy atom. The first-order chi connectivity index (χ1) is 11.3. The van der Waals surface area contributed by atoms with Gasteiger partial charge in [0.05, 0.1) is 0 Å². The Labute approximate surface area is 153 Å². The van der Waals surface area contributed by atoms with E-state index in [4.69, 9.17) is 0 Å². The Bertz CT molecular complexity index is 399. The average Bonchev–Trinajstić information content (AvgIpc) is 2.83. The van der Waals surface area contributed by atoms with Gasteiger partial charge in [0.25, 0.3) is 0 Å². The highest BCUT2D eigenvalue weighted by molar-refractivity contribution is 5.03. The van der Waals surface area contributed by atoms with Crippen molar-refractivity contribution >= 4 is 0 Å². The zero-order valence-electron chi connectivity index (χ0n) is 18.0. The molecule has 0 bridgehead atoms. The molecule has 2 rings (SSSR count). The van der Waals surface area contributed by atoms with Gasteiger partial charge in [0.15, 0.2) is 0 Å². The molecule has 0 spiro atoms. The molecule has 0 nitrogen and oxygen atoms in total. The minimum absolute atomic E-state index is 0.585. The van der Waals surface area contributed by atoms with Gasteiger partial charge in [-0.25, -0.2) is 0 Å². The lowest BCUT2D eigenvalue weighted by Crippen LogP contribution is -2.36. The molecule has 0 amide bonds. The van der Waals surface area contributed by atoms with E-state index in [2.05, 4.69) is 48.5 Å². The van der Waals surface area contributed by atoms with E-state index in [1.54, 1.807) is 0 Å². The maximum Gasteiger partial charge on any atom is -0.0244 e.